The van der Waals surface area contributed by atoms with E-state index in [0.29, 0.717) is 9.26 Å². The van der Waals surface area contributed by atoms with Crippen LogP contribution >= 0.6 is 22.6 Å². The van der Waals surface area contributed by atoms with Gasteiger partial charge in [0, 0.05) is 3.57 Å². The second kappa shape index (κ2) is 7.03. The molecule has 20 heavy (non-hydrogen) atoms. The predicted octanol–water partition coefficient (Wildman–Crippen LogP) is 0.880. The van der Waals surface area contributed by atoms with Crippen LogP contribution in [0.1, 0.15) is 6.42 Å². The van der Waals surface area contributed by atoms with Gasteiger partial charge in [-0.15, -0.1) is 0 Å². The van der Waals surface area contributed by atoms with Gasteiger partial charge in [0.05, 0.1) is 12.1 Å². The van der Waals surface area contributed by atoms with Gasteiger partial charge in [-0.2, -0.15) is 0 Å². The lowest BCUT2D eigenvalue weighted by Crippen LogP contribution is -2.45. The molecule has 1 rings (SSSR count). The number of hydrogen-bond donors (Lipinski definition) is 4. The Labute approximate surface area is 126 Å². The number of carbonyl (C=O) groups is 3. The Kier molecular flexibility index (Phi) is 5.67. The number of halogens is 2. The molecular weight excluding hydrogens is 384 g/mol. The molecule has 0 unspecified atom stereocenters. The molecule has 7 nitrogen and oxygen atoms in total. The average molecular weight is 395 g/mol. The molecule has 0 saturated carbocycles. The lowest BCUT2D eigenvalue weighted by molar-refractivity contribution is -0.140. The highest BCUT2D eigenvalue weighted by Crippen LogP contribution is 2.18. The molecular formula is C11H11FIN3O4. The Hall–Kier alpha value is -1.91. The predicted molar refractivity (Wildman–Crippen MR) is 76.5 cm³/mol. The van der Waals surface area contributed by atoms with Gasteiger partial charge in [-0.25, -0.2) is 14.0 Å². The maximum atomic E-state index is 12.9. The van der Waals surface area contributed by atoms with Gasteiger partial charge in [0.15, 0.2) is 0 Å². The SMILES string of the molecule is NC(=O)C[C@@H](NC(=O)Nc1ccc(F)cc1I)C(=O)O. The third-order valence-corrected chi connectivity index (χ3v) is 3.08. The Morgan fingerprint density at radius 1 is 1.40 bits per heavy atom. The molecule has 0 bridgehead atoms. The van der Waals surface area contributed by atoms with Gasteiger partial charge < -0.3 is 21.5 Å². The van der Waals surface area contributed by atoms with E-state index in [1.54, 1.807) is 0 Å². The van der Waals surface area contributed by atoms with Crippen molar-refractivity contribution in [2.75, 3.05) is 5.32 Å². The zero-order valence-corrected chi connectivity index (χ0v) is 12.2. The summed E-state index contributed by atoms with van der Waals surface area (Å²) in [5, 5.41) is 13.3. The summed E-state index contributed by atoms with van der Waals surface area (Å²) in [6.07, 6.45) is -0.525. The molecule has 108 valence electrons. The van der Waals surface area contributed by atoms with Crippen molar-refractivity contribution in [2.24, 2.45) is 5.73 Å². The minimum atomic E-state index is -1.43. The number of primary amides is 1. The van der Waals surface area contributed by atoms with Crippen molar-refractivity contribution in [3.8, 4) is 0 Å². The normalized spacial score (nSPS) is 11.5. The number of urea groups is 1. The monoisotopic (exact) mass is 395 g/mol. The van der Waals surface area contributed by atoms with Gasteiger partial charge in [0.1, 0.15) is 11.9 Å². The minimum Gasteiger partial charge on any atom is -0.480 e. The Bertz CT molecular complexity index is 552. The highest BCUT2D eigenvalue weighted by Gasteiger charge is 2.22. The molecule has 0 aromatic heterocycles. The number of anilines is 1. The van der Waals surface area contributed by atoms with Crippen molar-refractivity contribution in [3.05, 3.63) is 27.6 Å². The van der Waals surface area contributed by atoms with Crippen LogP contribution in [-0.2, 0) is 9.59 Å². The molecule has 3 amide bonds. The number of amides is 3. The molecule has 0 radical (unpaired) electrons. The lowest BCUT2D eigenvalue weighted by Gasteiger charge is -2.14. The van der Waals surface area contributed by atoms with Crippen LogP contribution in [0, 0.1) is 9.39 Å². The minimum absolute atomic E-state index is 0.313. The first-order chi connectivity index (χ1) is 9.29. The number of rotatable bonds is 5. The van der Waals surface area contributed by atoms with Crippen LogP contribution in [0.4, 0.5) is 14.9 Å². The standard InChI is InChI=1S/C11H11FIN3O4/c12-5-1-2-7(6(13)3-5)15-11(20)16-8(10(18)19)4-9(14)17/h1-3,8H,4H2,(H2,14,17)(H,18,19)(H2,15,16,20)/t8-/m1/s1. The van der Waals surface area contributed by atoms with Crippen molar-refractivity contribution < 1.29 is 23.9 Å². The molecule has 1 aromatic rings. The zero-order chi connectivity index (χ0) is 15.3. The average Bonchev–Trinajstić information content (AvgIpc) is 2.31. The molecule has 0 aliphatic rings. The van der Waals surface area contributed by atoms with Gasteiger partial charge in [-0.1, -0.05) is 0 Å². The maximum absolute atomic E-state index is 12.9. The van der Waals surface area contributed by atoms with E-state index in [4.69, 9.17) is 10.8 Å². The second-order valence-corrected chi connectivity index (χ2v) is 4.95. The Morgan fingerprint density at radius 3 is 2.55 bits per heavy atom. The first-order valence-electron chi connectivity index (χ1n) is 5.33. The van der Waals surface area contributed by atoms with E-state index < -0.39 is 36.2 Å². The van der Waals surface area contributed by atoms with E-state index in [2.05, 4.69) is 10.6 Å². The van der Waals surface area contributed by atoms with Crippen LogP contribution in [0.2, 0.25) is 0 Å². The first kappa shape index (κ1) is 16.1. The van der Waals surface area contributed by atoms with Crippen molar-refractivity contribution in [3.63, 3.8) is 0 Å². The van der Waals surface area contributed by atoms with Crippen LogP contribution in [0.5, 0.6) is 0 Å². The smallest absolute Gasteiger partial charge is 0.326 e. The highest BCUT2D eigenvalue weighted by atomic mass is 127. The summed E-state index contributed by atoms with van der Waals surface area (Å²) in [5.74, 6) is -2.70. The van der Waals surface area contributed by atoms with Crippen LogP contribution in [0.15, 0.2) is 18.2 Å². The van der Waals surface area contributed by atoms with Gasteiger partial charge in [-0.05, 0) is 40.8 Å². The third-order valence-electron chi connectivity index (χ3n) is 2.19. The van der Waals surface area contributed by atoms with Gasteiger partial charge in [0.2, 0.25) is 5.91 Å². The van der Waals surface area contributed by atoms with Crippen molar-refractivity contribution in [1.82, 2.24) is 5.32 Å². The van der Waals surface area contributed by atoms with E-state index in [1.807, 2.05) is 22.6 Å². The number of carboxylic acid groups (broad SMARTS) is 1. The van der Waals surface area contributed by atoms with E-state index in [0.717, 1.165) is 6.07 Å². The summed E-state index contributed by atoms with van der Waals surface area (Å²) in [7, 11) is 0. The molecule has 0 spiro atoms. The maximum Gasteiger partial charge on any atom is 0.326 e. The Morgan fingerprint density at radius 2 is 2.05 bits per heavy atom. The summed E-state index contributed by atoms with van der Waals surface area (Å²) in [5.41, 5.74) is 5.20. The number of aliphatic carboxylic acids is 1. The molecule has 0 heterocycles. The largest absolute Gasteiger partial charge is 0.480 e. The summed E-state index contributed by atoms with van der Waals surface area (Å²) in [6.45, 7) is 0. The number of carbonyl (C=O) groups excluding carboxylic acids is 2. The molecule has 0 aliphatic carbocycles. The summed E-state index contributed by atoms with van der Waals surface area (Å²) in [6, 6.07) is 1.43. The number of hydrogen-bond acceptors (Lipinski definition) is 3. The lowest BCUT2D eigenvalue weighted by atomic mass is 10.2. The van der Waals surface area contributed by atoms with Crippen molar-refractivity contribution in [1.29, 1.82) is 0 Å². The fourth-order valence-corrected chi connectivity index (χ4v) is 1.92. The molecule has 1 aromatic carbocycles. The number of nitrogens with one attached hydrogen (secondary N) is 2. The van der Waals surface area contributed by atoms with E-state index in [1.165, 1.54) is 12.1 Å². The fourth-order valence-electron chi connectivity index (χ4n) is 1.31. The number of benzene rings is 1. The zero-order valence-electron chi connectivity index (χ0n) is 10.0. The van der Waals surface area contributed by atoms with Crippen LogP contribution in [-0.4, -0.2) is 29.1 Å². The van der Waals surface area contributed by atoms with Crippen molar-refractivity contribution >= 4 is 46.2 Å². The quantitative estimate of drug-likeness (QED) is 0.553. The van der Waals surface area contributed by atoms with Crippen LogP contribution in [0.25, 0.3) is 0 Å². The summed E-state index contributed by atoms with van der Waals surface area (Å²) < 4.78 is 13.3. The van der Waals surface area contributed by atoms with Crippen LogP contribution in [0.3, 0.4) is 0 Å². The molecule has 9 heteroatoms. The number of carboxylic acids is 1. The van der Waals surface area contributed by atoms with E-state index in [9.17, 15) is 18.8 Å². The fraction of sp³-hybridized carbons (Fsp3) is 0.182. The molecule has 0 fully saturated rings. The summed E-state index contributed by atoms with van der Waals surface area (Å²) in [4.78, 5) is 33.1. The number of nitrogens with two attached hydrogens (primary N) is 1. The van der Waals surface area contributed by atoms with Gasteiger partial charge in [0.25, 0.3) is 0 Å². The topological polar surface area (TPSA) is 122 Å². The van der Waals surface area contributed by atoms with E-state index in [-0.39, 0.29) is 0 Å². The molecule has 1 atom stereocenters. The molecule has 0 saturated heterocycles. The van der Waals surface area contributed by atoms with Crippen LogP contribution < -0.4 is 16.4 Å². The molecule has 5 N–H and O–H groups in total. The summed E-state index contributed by atoms with van der Waals surface area (Å²) >= 11 is 1.81. The third kappa shape index (κ3) is 4.99. The Balaban J connectivity index is 2.70. The van der Waals surface area contributed by atoms with Crippen molar-refractivity contribution in [2.45, 2.75) is 12.5 Å². The first-order valence-corrected chi connectivity index (χ1v) is 6.41. The second-order valence-electron chi connectivity index (χ2n) is 3.78. The van der Waals surface area contributed by atoms with Gasteiger partial charge in [-0.3, -0.25) is 4.79 Å². The van der Waals surface area contributed by atoms with E-state index >= 15 is 0 Å². The van der Waals surface area contributed by atoms with Gasteiger partial charge >= 0.3 is 12.0 Å². The highest BCUT2D eigenvalue weighted by molar-refractivity contribution is 14.1. The molecule has 0 aliphatic heterocycles.